The Morgan fingerprint density at radius 2 is 1.85 bits per heavy atom. The smallest absolute Gasteiger partial charge is 0.334 e. The third-order valence-corrected chi connectivity index (χ3v) is 5.01. The Hall–Kier alpha value is -3.02. The number of nitrogens with zero attached hydrogens (tertiary/aromatic N) is 1. The van der Waals surface area contributed by atoms with Gasteiger partial charge in [-0.1, -0.05) is 31.2 Å². The molecular weight excluding hydrogens is 334 g/mol. The predicted octanol–water partition coefficient (Wildman–Crippen LogP) is 3.05. The Kier molecular flexibility index (Phi) is 4.59. The molecule has 1 aliphatic heterocycles. The summed E-state index contributed by atoms with van der Waals surface area (Å²) in [6.45, 7) is 2.02. The quantitative estimate of drug-likeness (QED) is 0.862. The van der Waals surface area contributed by atoms with Crippen LogP contribution in [0.15, 0.2) is 42.5 Å². The molecule has 3 rings (SSSR count). The van der Waals surface area contributed by atoms with E-state index in [4.69, 9.17) is 9.47 Å². The molecule has 136 valence electrons. The van der Waals surface area contributed by atoms with Gasteiger partial charge >= 0.3 is 5.97 Å². The second-order valence-electron chi connectivity index (χ2n) is 6.14. The Morgan fingerprint density at radius 3 is 2.42 bits per heavy atom. The fourth-order valence-electron chi connectivity index (χ4n) is 3.60. The molecule has 6 heteroatoms. The summed E-state index contributed by atoms with van der Waals surface area (Å²) in [4.78, 5) is 26.8. The summed E-state index contributed by atoms with van der Waals surface area (Å²) in [6, 6.07) is 12.2. The van der Waals surface area contributed by atoms with Crippen molar-refractivity contribution in [3.8, 4) is 11.5 Å². The minimum atomic E-state index is -1.49. The van der Waals surface area contributed by atoms with Crippen LogP contribution in [0.3, 0.4) is 0 Å². The van der Waals surface area contributed by atoms with E-state index in [2.05, 4.69) is 0 Å². The largest absolute Gasteiger partial charge is 0.493 e. The summed E-state index contributed by atoms with van der Waals surface area (Å²) < 4.78 is 10.6. The maximum absolute atomic E-state index is 13.0. The van der Waals surface area contributed by atoms with E-state index in [0.717, 1.165) is 5.56 Å². The summed E-state index contributed by atoms with van der Waals surface area (Å²) in [5.41, 5.74) is 0.366. The standard InChI is InChI=1S/C20H21NO5/c1-4-20(19(23)24,14-9-10-16(25-2)17(11-14)26-3)21-12-13-7-5-6-8-15(13)18(21)22/h5-11H,4,12H2,1-3H3,(H,23,24). The first-order valence-electron chi connectivity index (χ1n) is 8.35. The van der Waals surface area contributed by atoms with Crippen LogP contribution < -0.4 is 9.47 Å². The van der Waals surface area contributed by atoms with Crippen molar-refractivity contribution in [1.29, 1.82) is 0 Å². The van der Waals surface area contributed by atoms with Crippen LogP contribution in [0.4, 0.5) is 0 Å². The Labute approximate surface area is 152 Å². The lowest BCUT2D eigenvalue weighted by molar-refractivity contribution is -0.151. The number of carboxylic acids is 1. The normalized spacial score (nSPS) is 15.3. The van der Waals surface area contributed by atoms with Crippen molar-refractivity contribution in [1.82, 2.24) is 4.90 Å². The molecular formula is C20H21NO5. The Morgan fingerprint density at radius 1 is 1.15 bits per heavy atom. The van der Waals surface area contributed by atoms with Crippen molar-refractivity contribution in [2.45, 2.75) is 25.4 Å². The number of ether oxygens (including phenoxy) is 2. The van der Waals surface area contributed by atoms with Gasteiger partial charge in [-0.2, -0.15) is 0 Å². The molecule has 0 aromatic heterocycles. The SMILES string of the molecule is CCC(C(=O)O)(c1ccc(OC)c(OC)c1)N1Cc2ccccc2C1=O. The molecule has 0 saturated carbocycles. The van der Waals surface area contributed by atoms with Gasteiger partial charge in [0.25, 0.3) is 5.91 Å². The number of carbonyl (C=O) groups is 2. The van der Waals surface area contributed by atoms with E-state index < -0.39 is 11.5 Å². The van der Waals surface area contributed by atoms with Crippen LogP contribution in [-0.2, 0) is 16.9 Å². The van der Waals surface area contributed by atoms with Crippen LogP contribution in [0.2, 0.25) is 0 Å². The van der Waals surface area contributed by atoms with Crippen LogP contribution in [0.25, 0.3) is 0 Å². The van der Waals surface area contributed by atoms with E-state index in [1.165, 1.54) is 19.1 Å². The molecule has 1 unspecified atom stereocenters. The summed E-state index contributed by atoms with van der Waals surface area (Å²) in [5.74, 6) is -0.427. The molecule has 0 bridgehead atoms. The van der Waals surface area contributed by atoms with E-state index in [9.17, 15) is 14.7 Å². The van der Waals surface area contributed by atoms with Gasteiger partial charge in [-0.15, -0.1) is 0 Å². The monoisotopic (exact) mass is 355 g/mol. The molecule has 1 atom stereocenters. The highest BCUT2D eigenvalue weighted by Crippen LogP contribution is 2.41. The van der Waals surface area contributed by atoms with E-state index in [1.807, 2.05) is 12.1 Å². The van der Waals surface area contributed by atoms with E-state index in [0.29, 0.717) is 22.6 Å². The number of hydrogen-bond donors (Lipinski definition) is 1. The second-order valence-corrected chi connectivity index (χ2v) is 6.14. The second kappa shape index (κ2) is 6.71. The lowest BCUT2D eigenvalue weighted by atomic mass is 9.85. The maximum atomic E-state index is 13.0. The molecule has 1 amide bonds. The van der Waals surface area contributed by atoms with Crippen molar-refractivity contribution >= 4 is 11.9 Å². The molecule has 1 aliphatic rings. The average Bonchev–Trinajstić information content (AvgIpc) is 3.00. The predicted molar refractivity (Wildman–Crippen MR) is 95.5 cm³/mol. The zero-order chi connectivity index (χ0) is 18.9. The van der Waals surface area contributed by atoms with Gasteiger partial charge in [0.15, 0.2) is 17.0 Å². The van der Waals surface area contributed by atoms with E-state index >= 15 is 0 Å². The highest BCUT2D eigenvalue weighted by Gasteiger charge is 2.50. The number of fused-ring (bicyclic) bond motifs is 1. The number of methoxy groups -OCH3 is 2. The minimum Gasteiger partial charge on any atom is -0.493 e. The molecule has 1 heterocycles. The van der Waals surface area contributed by atoms with E-state index in [-0.39, 0.29) is 18.9 Å². The number of aliphatic carboxylic acids is 1. The van der Waals surface area contributed by atoms with Gasteiger partial charge in [0.2, 0.25) is 0 Å². The number of amides is 1. The van der Waals surface area contributed by atoms with Crippen molar-refractivity contribution < 1.29 is 24.2 Å². The number of rotatable bonds is 6. The number of carbonyl (C=O) groups excluding carboxylic acids is 1. The number of carboxylic acid groups (broad SMARTS) is 1. The van der Waals surface area contributed by atoms with Gasteiger partial charge in [-0.05, 0) is 35.7 Å². The van der Waals surface area contributed by atoms with Gasteiger partial charge in [0.05, 0.1) is 14.2 Å². The van der Waals surface area contributed by atoms with Crippen molar-refractivity contribution in [3.63, 3.8) is 0 Å². The van der Waals surface area contributed by atoms with Crippen LogP contribution >= 0.6 is 0 Å². The van der Waals surface area contributed by atoms with Crippen LogP contribution in [0, 0.1) is 0 Å². The van der Waals surface area contributed by atoms with Crippen molar-refractivity contribution in [2.75, 3.05) is 14.2 Å². The summed E-state index contributed by atoms with van der Waals surface area (Å²) in [5, 5.41) is 10.2. The first-order chi connectivity index (χ1) is 12.5. The number of hydrogen-bond acceptors (Lipinski definition) is 4. The zero-order valence-electron chi connectivity index (χ0n) is 15.0. The third-order valence-electron chi connectivity index (χ3n) is 5.01. The lowest BCUT2D eigenvalue weighted by Gasteiger charge is -2.38. The fourth-order valence-corrected chi connectivity index (χ4v) is 3.60. The summed E-state index contributed by atoms with van der Waals surface area (Å²) in [6.07, 6.45) is 0.220. The zero-order valence-corrected chi connectivity index (χ0v) is 15.0. The molecule has 0 radical (unpaired) electrons. The molecule has 0 fully saturated rings. The molecule has 2 aromatic carbocycles. The first-order valence-corrected chi connectivity index (χ1v) is 8.35. The third kappa shape index (κ3) is 2.49. The van der Waals surface area contributed by atoms with E-state index in [1.54, 1.807) is 37.3 Å². The van der Waals surface area contributed by atoms with Gasteiger partial charge in [-0.3, -0.25) is 4.79 Å². The van der Waals surface area contributed by atoms with Gasteiger partial charge in [0, 0.05) is 12.1 Å². The highest BCUT2D eigenvalue weighted by molar-refractivity contribution is 6.01. The number of benzene rings is 2. The van der Waals surface area contributed by atoms with Gasteiger partial charge in [0.1, 0.15) is 0 Å². The maximum Gasteiger partial charge on any atom is 0.334 e. The molecule has 0 spiro atoms. The van der Waals surface area contributed by atoms with Crippen LogP contribution in [0.1, 0.15) is 34.8 Å². The summed E-state index contributed by atoms with van der Waals surface area (Å²) >= 11 is 0. The van der Waals surface area contributed by atoms with Crippen molar-refractivity contribution in [2.24, 2.45) is 0 Å². The molecule has 1 N–H and O–H groups in total. The van der Waals surface area contributed by atoms with Gasteiger partial charge in [-0.25, -0.2) is 4.79 Å². The van der Waals surface area contributed by atoms with Gasteiger partial charge < -0.3 is 19.5 Å². The van der Waals surface area contributed by atoms with Crippen molar-refractivity contribution in [3.05, 3.63) is 59.2 Å². The lowest BCUT2D eigenvalue weighted by Crippen LogP contribution is -2.51. The average molecular weight is 355 g/mol. The van der Waals surface area contributed by atoms with Crippen LogP contribution in [-0.4, -0.2) is 36.1 Å². The molecule has 26 heavy (non-hydrogen) atoms. The van der Waals surface area contributed by atoms with Crippen LogP contribution in [0.5, 0.6) is 11.5 Å². The molecule has 2 aromatic rings. The molecule has 0 saturated heterocycles. The molecule has 6 nitrogen and oxygen atoms in total. The molecule has 0 aliphatic carbocycles. The Balaban J connectivity index is 2.15. The summed E-state index contributed by atoms with van der Waals surface area (Å²) in [7, 11) is 3.01. The minimum absolute atomic E-state index is 0.220. The first kappa shape index (κ1) is 17.8. The fraction of sp³-hybridized carbons (Fsp3) is 0.300. The topological polar surface area (TPSA) is 76.1 Å². The highest BCUT2D eigenvalue weighted by atomic mass is 16.5. The Bertz CT molecular complexity index is 863.